The minimum atomic E-state index is -1.29. The maximum absolute atomic E-state index is 9.80. The molecule has 0 rings (SSSR count). The average molecular weight is 112 g/mol. The minimum absolute atomic E-state index is 0.454. The monoisotopic (exact) mass is 112 g/mol. The third-order valence-electron chi connectivity index (χ3n) is 0.520. The molecule has 4 nitrogen and oxygen atoms in total. The van der Waals surface area contributed by atoms with E-state index in [0.717, 1.165) is 6.08 Å². The first-order chi connectivity index (χ1) is 3.72. The van der Waals surface area contributed by atoms with Crippen LogP contribution in [-0.2, 0) is 4.79 Å². The summed E-state index contributed by atoms with van der Waals surface area (Å²) in [7, 11) is 0. The van der Waals surface area contributed by atoms with E-state index in [1.165, 1.54) is 0 Å². The van der Waals surface area contributed by atoms with Crippen LogP contribution in [-0.4, -0.2) is 21.6 Å². The largest absolute Gasteiger partial charge is 0.472 e. The van der Waals surface area contributed by atoms with Gasteiger partial charge in [-0.15, -0.1) is 0 Å². The molecule has 0 bridgehead atoms. The molecule has 0 unspecified atom stereocenters. The highest BCUT2D eigenvalue weighted by Crippen LogP contribution is 1.69. The van der Waals surface area contributed by atoms with Crippen LogP contribution < -0.4 is 0 Å². The van der Waals surface area contributed by atoms with E-state index in [2.05, 4.69) is 11.4 Å². The third kappa shape index (κ3) is 1.36. The summed E-state index contributed by atoms with van der Waals surface area (Å²) in [4.78, 5) is 12.2. The van der Waals surface area contributed by atoms with Crippen molar-refractivity contribution >= 4 is 11.7 Å². The molecule has 0 aromatic heterocycles. The van der Waals surface area contributed by atoms with Crippen molar-refractivity contribution < 1.29 is 14.7 Å². The molecule has 0 aliphatic rings. The lowest BCUT2D eigenvalue weighted by molar-refractivity contribution is -0.133. The van der Waals surface area contributed by atoms with Crippen molar-refractivity contribution in [2.45, 2.75) is 0 Å². The average Bonchev–Trinajstić information content (AvgIpc) is 1.69. The van der Waals surface area contributed by atoms with Gasteiger partial charge >= 0.3 is 11.7 Å². The lowest BCUT2D eigenvalue weighted by Crippen LogP contribution is -2.09. The van der Waals surface area contributed by atoms with Crippen LogP contribution in [0, 0.1) is 0 Å². The van der Waals surface area contributed by atoms with Crippen molar-refractivity contribution in [3.63, 3.8) is 0 Å². The fraction of sp³-hybridized carbons (Fsp3) is 0. The molecule has 42 valence electrons. The number of aliphatic carboxylic acids is 1. The van der Waals surface area contributed by atoms with Crippen LogP contribution in [0.1, 0.15) is 0 Å². The summed E-state index contributed by atoms with van der Waals surface area (Å²) >= 11 is 0. The smallest absolute Gasteiger partial charge is 0.419 e. The van der Waals surface area contributed by atoms with Crippen molar-refractivity contribution in [2.75, 3.05) is 0 Å². The number of carbonyl (C=O) groups is 1. The number of nitrogens with zero attached hydrogens (tertiary/aromatic N) is 2. The quantitative estimate of drug-likeness (QED) is 0.308. The summed E-state index contributed by atoms with van der Waals surface area (Å²) in [6.45, 7) is 3.08. The Kier molecular flexibility index (Phi) is 2.23. The van der Waals surface area contributed by atoms with Crippen LogP contribution in [0.2, 0.25) is 0 Å². The number of rotatable bonds is 2. The summed E-state index contributed by atoms with van der Waals surface area (Å²) in [6.07, 6.45) is 0.947. The maximum Gasteiger partial charge on any atom is 0.419 e. The topological polar surface area (TPSA) is 73.7 Å². The van der Waals surface area contributed by atoms with E-state index in [9.17, 15) is 4.79 Å². The first kappa shape index (κ1) is 6.59. The number of hydrogen-bond acceptors (Lipinski definition) is 1. The van der Waals surface area contributed by atoms with Crippen LogP contribution in [0.15, 0.2) is 12.7 Å². The van der Waals surface area contributed by atoms with Gasteiger partial charge in [0.05, 0.1) is 0 Å². The van der Waals surface area contributed by atoms with E-state index in [1.807, 2.05) is 0 Å². The zero-order chi connectivity index (χ0) is 6.57. The van der Waals surface area contributed by atoms with Gasteiger partial charge in [0, 0.05) is 6.08 Å². The van der Waals surface area contributed by atoms with Gasteiger partial charge in [-0.3, -0.25) is 0 Å². The van der Waals surface area contributed by atoms with Crippen molar-refractivity contribution in [2.24, 2.45) is 0 Å². The molecule has 8 heavy (non-hydrogen) atoms. The molecular formula is C4H4N2O2. The second-order valence-electron chi connectivity index (χ2n) is 0.995. The number of carboxylic acids is 1. The predicted molar refractivity (Wildman–Crippen MR) is 26.5 cm³/mol. The highest BCUT2D eigenvalue weighted by Gasteiger charge is 2.11. The molecule has 0 aliphatic carbocycles. The summed E-state index contributed by atoms with van der Waals surface area (Å²) in [5, 5.41) is 8.01. The summed E-state index contributed by atoms with van der Waals surface area (Å²) < 4.78 is 0. The molecule has 4 heteroatoms. The molecule has 0 aliphatic heterocycles. The summed E-state index contributed by atoms with van der Waals surface area (Å²) in [6, 6.07) is 0. The summed E-state index contributed by atoms with van der Waals surface area (Å²) in [5.41, 5.74) is 7.38. The Morgan fingerprint density at radius 3 is 2.38 bits per heavy atom. The van der Waals surface area contributed by atoms with Gasteiger partial charge in [-0.1, -0.05) is 6.58 Å². The van der Waals surface area contributed by atoms with Crippen LogP contribution in [0.4, 0.5) is 0 Å². The fourth-order valence-corrected chi connectivity index (χ4v) is 0.171. The highest BCUT2D eigenvalue weighted by molar-refractivity contribution is 6.37. The molecule has 0 atom stereocenters. The van der Waals surface area contributed by atoms with E-state index in [-0.39, 0.29) is 0 Å². The van der Waals surface area contributed by atoms with Crippen molar-refractivity contribution in [1.29, 1.82) is 0 Å². The highest BCUT2D eigenvalue weighted by atomic mass is 16.4. The normalized spacial score (nSPS) is 7.00. The zero-order valence-electron chi connectivity index (χ0n) is 4.03. The van der Waals surface area contributed by atoms with E-state index >= 15 is 0 Å². The molecule has 0 radical (unpaired) electrons. The maximum atomic E-state index is 9.80. The lowest BCUT2D eigenvalue weighted by Gasteiger charge is -1.72. The van der Waals surface area contributed by atoms with Crippen LogP contribution in [0.3, 0.4) is 0 Å². The molecule has 1 N–H and O–H groups in total. The molecular weight excluding hydrogens is 108 g/mol. The van der Waals surface area contributed by atoms with E-state index in [1.54, 1.807) is 0 Å². The standard InChI is InChI=1S/C4H4N2O2/c1-2-3(6-5)4(7)8/h2H,1H2,(H,7,8). The van der Waals surface area contributed by atoms with E-state index in [4.69, 9.17) is 10.6 Å². The van der Waals surface area contributed by atoms with Crippen molar-refractivity contribution in [3.05, 3.63) is 18.2 Å². The van der Waals surface area contributed by atoms with E-state index in [0.29, 0.717) is 0 Å². The second kappa shape index (κ2) is 2.71. The molecule has 0 aromatic rings. The Hall–Kier alpha value is -1.41. The lowest BCUT2D eigenvalue weighted by atomic mass is 10.4. The van der Waals surface area contributed by atoms with Crippen LogP contribution in [0.25, 0.3) is 5.53 Å². The van der Waals surface area contributed by atoms with Gasteiger partial charge in [-0.2, -0.15) is 4.79 Å². The van der Waals surface area contributed by atoms with Gasteiger partial charge in [-0.05, 0) is 0 Å². The van der Waals surface area contributed by atoms with Crippen LogP contribution in [0.5, 0.6) is 0 Å². The van der Waals surface area contributed by atoms with Gasteiger partial charge in [0.1, 0.15) is 0 Å². The van der Waals surface area contributed by atoms with Gasteiger partial charge < -0.3 is 10.6 Å². The zero-order valence-corrected chi connectivity index (χ0v) is 4.03. The Balaban J connectivity index is 4.37. The van der Waals surface area contributed by atoms with Gasteiger partial charge in [-0.25, -0.2) is 4.79 Å². The fourth-order valence-electron chi connectivity index (χ4n) is 0.171. The van der Waals surface area contributed by atoms with Crippen molar-refractivity contribution in [1.82, 2.24) is 0 Å². The molecule has 0 saturated heterocycles. The molecule has 0 saturated carbocycles. The second-order valence-corrected chi connectivity index (χ2v) is 0.995. The number of hydrogen-bond donors (Lipinski definition) is 1. The molecule has 0 aromatic carbocycles. The van der Waals surface area contributed by atoms with Crippen molar-refractivity contribution in [3.8, 4) is 0 Å². The molecule has 0 amide bonds. The Labute approximate surface area is 45.7 Å². The minimum Gasteiger partial charge on any atom is -0.472 e. The predicted octanol–water partition coefficient (Wildman–Crippen LogP) is -0.0722. The first-order valence-electron chi connectivity index (χ1n) is 1.80. The van der Waals surface area contributed by atoms with Crippen LogP contribution >= 0.6 is 0 Å². The first-order valence-corrected chi connectivity index (χ1v) is 1.80. The number of carboxylic acid groups (broad SMARTS) is 1. The Morgan fingerprint density at radius 2 is 2.38 bits per heavy atom. The van der Waals surface area contributed by atoms with Gasteiger partial charge in [0.25, 0.3) is 0 Å². The molecule has 0 spiro atoms. The summed E-state index contributed by atoms with van der Waals surface area (Å²) in [5.74, 6) is -1.29. The Morgan fingerprint density at radius 1 is 1.88 bits per heavy atom. The van der Waals surface area contributed by atoms with Gasteiger partial charge in [0.15, 0.2) is 0 Å². The SMILES string of the molecule is C=CC(=[N+]=[N-])C(=O)O. The molecule has 0 fully saturated rings. The van der Waals surface area contributed by atoms with E-state index < -0.39 is 11.7 Å². The Bertz CT molecular complexity index is 167. The molecule has 0 heterocycles. The third-order valence-corrected chi connectivity index (χ3v) is 0.520. The van der Waals surface area contributed by atoms with Gasteiger partial charge in [0.2, 0.25) is 0 Å².